The number of amides is 3. The highest BCUT2D eigenvalue weighted by Crippen LogP contribution is 2.42. The summed E-state index contributed by atoms with van der Waals surface area (Å²) in [5, 5.41) is 20.7. The normalized spacial score (nSPS) is 21.3. The first kappa shape index (κ1) is 16.6. The van der Waals surface area contributed by atoms with Gasteiger partial charge in [0.2, 0.25) is 5.91 Å². The van der Waals surface area contributed by atoms with Crippen molar-refractivity contribution in [2.24, 2.45) is 5.73 Å². The van der Waals surface area contributed by atoms with Crippen LogP contribution >= 0.6 is 0 Å². The number of nitrogens with two attached hydrogens (primary N) is 1. The zero-order valence-corrected chi connectivity index (χ0v) is 13.0. The molecule has 1 aliphatic heterocycles. The second-order valence-corrected chi connectivity index (χ2v) is 5.82. The number of nitriles is 1. The maximum absolute atomic E-state index is 11.9. The van der Waals surface area contributed by atoms with E-state index in [4.69, 9.17) is 15.7 Å². The summed E-state index contributed by atoms with van der Waals surface area (Å²) in [6, 6.07) is 4.79. The van der Waals surface area contributed by atoms with E-state index in [1.807, 2.05) is 6.07 Å². The van der Waals surface area contributed by atoms with Crippen LogP contribution in [-0.4, -0.2) is 33.8 Å². The first-order valence-electron chi connectivity index (χ1n) is 6.94. The van der Waals surface area contributed by atoms with E-state index in [-0.39, 0.29) is 0 Å². The zero-order chi connectivity index (χ0) is 17.4. The Morgan fingerprint density at radius 3 is 2.65 bits per heavy atom. The van der Waals surface area contributed by atoms with E-state index in [9.17, 15) is 14.7 Å². The average molecular weight is 318 g/mol. The third-order valence-electron chi connectivity index (χ3n) is 3.69. The summed E-state index contributed by atoms with van der Waals surface area (Å²) in [5.41, 5.74) is 7.08. The molecule has 4 N–H and O–H groups in total. The van der Waals surface area contributed by atoms with Crippen LogP contribution in [0.1, 0.15) is 37.9 Å². The second-order valence-electron chi connectivity index (χ2n) is 5.82. The van der Waals surface area contributed by atoms with Gasteiger partial charge in [-0.05, 0) is 32.0 Å². The van der Waals surface area contributed by atoms with Gasteiger partial charge in [0.15, 0.2) is 0 Å². The number of hydrazine groups is 1. The number of nitrogens with one attached hydrogen (secondary N) is 1. The number of aliphatic hydroxyl groups is 1. The fourth-order valence-electron chi connectivity index (χ4n) is 2.58. The SMILES string of the molecule is CC(=O)N(NC(N)=O)C1c2cc(C#N)ccc2OC(C)(C)C1O. The first-order chi connectivity index (χ1) is 10.7. The Bertz CT molecular complexity index is 695. The van der Waals surface area contributed by atoms with Crippen molar-refractivity contribution in [2.45, 2.75) is 38.5 Å². The van der Waals surface area contributed by atoms with Crippen molar-refractivity contribution in [1.82, 2.24) is 10.4 Å². The van der Waals surface area contributed by atoms with Crippen LogP contribution < -0.4 is 15.9 Å². The second kappa shape index (κ2) is 5.78. The molecule has 0 radical (unpaired) electrons. The molecule has 3 amide bonds. The number of hydrogen-bond acceptors (Lipinski definition) is 5. The van der Waals surface area contributed by atoms with Crippen molar-refractivity contribution in [3.8, 4) is 11.8 Å². The number of carbonyl (C=O) groups is 2. The van der Waals surface area contributed by atoms with E-state index < -0.39 is 29.7 Å². The number of fused-ring (bicyclic) bond motifs is 1. The molecule has 23 heavy (non-hydrogen) atoms. The van der Waals surface area contributed by atoms with Crippen molar-refractivity contribution in [3.05, 3.63) is 29.3 Å². The molecule has 0 bridgehead atoms. The number of carbonyl (C=O) groups excluding carboxylic acids is 2. The lowest BCUT2D eigenvalue weighted by Crippen LogP contribution is -2.59. The van der Waals surface area contributed by atoms with Crippen molar-refractivity contribution >= 4 is 11.9 Å². The molecule has 1 aromatic rings. The number of urea groups is 1. The molecule has 2 atom stereocenters. The lowest BCUT2D eigenvalue weighted by atomic mass is 9.85. The van der Waals surface area contributed by atoms with E-state index in [1.54, 1.807) is 26.0 Å². The van der Waals surface area contributed by atoms with Crippen molar-refractivity contribution in [1.29, 1.82) is 5.26 Å². The van der Waals surface area contributed by atoms with Gasteiger partial charge in [0.05, 0.1) is 11.6 Å². The van der Waals surface area contributed by atoms with E-state index >= 15 is 0 Å². The number of hydrogen-bond donors (Lipinski definition) is 3. The van der Waals surface area contributed by atoms with Crippen molar-refractivity contribution < 1.29 is 19.4 Å². The summed E-state index contributed by atoms with van der Waals surface area (Å²) < 4.78 is 5.75. The van der Waals surface area contributed by atoms with E-state index in [0.29, 0.717) is 16.9 Å². The summed E-state index contributed by atoms with van der Waals surface area (Å²) in [6.07, 6.45) is -1.15. The molecule has 0 aliphatic carbocycles. The standard InChI is InChI=1S/C15H18N4O4/c1-8(20)19(18-14(17)22)12-10-6-9(7-16)4-5-11(10)23-15(2,3)13(12)21/h4-6,12-13,21H,1-3H3,(H3,17,18,22). The van der Waals surface area contributed by atoms with Crippen LogP contribution in [-0.2, 0) is 4.79 Å². The quantitative estimate of drug-likeness (QED) is 0.652. The van der Waals surface area contributed by atoms with Crippen LogP contribution in [0.3, 0.4) is 0 Å². The summed E-state index contributed by atoms with van der Waals surface area (Å²) >= 11 is 0. The van der Waals surface area contributed by atoms with Gasteiger partial charge in [0.25, 0.3) is 0 Å². The molecule has 0 aromatic heterocycles. The number of nitrogens with zero attached hydrogens (tertiary/aromatic N) is 2. The van der Waals surface area contributed by atoms with Gasteiger partial charge in [-0.3, -0.25) is 4.79 Å². The van der Waals surface area contributed by atoms with Crippen LogP contribution in [0, 0.1) is 11.3 Å². The predicted molar refractivity (Wildman–Crippen MR) is 79.9 cm³/mol. The molecular weight excluding hydrogens is 300 g/mol. The number of aliphatic hydroxyl groups excluding tert-OH is 1. The van der Waals surface area contributed by atoms with Gasteiger partial charge in [-0.1, -0.05) is 0 Å². The predicted octanol–water partition coefficient (Wildman–Crippen LogP) is 0.563. The smallest absolute Gasteiger partial charge is 0.331 e. The first-order valence-corrected chi connectivity index (χ1v) is 6.94. The van der Waals surface area contributed by atoms with Gasteiger partial charge in [-0.25, -0.2) is 15.2 Å². The molecule has 8 heteroatoms. The number of primary amides is 1. The van der Waals surface area contributed by atoms with Crippen LogP contribution in [0.15, 0.2) is 18.2 Å². The van der Waals surface area contributed by atoms with Crippen molar-refractivity contribution in [3.63, 3.8) is 0 Å². The van der Waals surface area contributed by atoms with Gasteiger partial charge < -0.3 is 15.6 Å². The minimum atomic E-state index is -1.15. The molecule has 1 aliphatic rings. The molecular formula is C15H18N4O4. The van der Waals surface area contributed by atoms with E-state index in [1.165, 1.54) is 13.0 Å². The summed E-state index contributed by atoms with van der Waals surface area (Å²) in [5.74, 6) is -0.0966. The Hall–Kier alpha value is -2.79. The monoisotopic (exact) mass is 318 g/mol. The summed E-state index contributed by atoms with van der Waals surface area (Å²) in [6.45, 7) is 4.56. The average Bonchev–Trinajstić information content (AvgIpc) is 2.46. The lowest BCUT2D eigenvalue weighted by Gasteiger charge is -2.45. The number of rotatable bonds is 1. The van der Waals surface area contributed by atoms with Gasteiger partial charge in [-0.2, -0.15) is 5.26 Å². The third-order valence-corrected chi connectivity index (χ3v) is 3.69. The maximum Gasteiger partial charge on any atom is 0.331 e. The molecule has 0 spiro atoms. The van der Waals surface area contributed by atoms with E-state index in [0.717, 1.165) is 5.01 Å². The highest BCUT2D eigenvalue weighted by Gasteiger charge is 2.47. The molecule has 122 valence electrons. The Morgan fingerprint density at radius 1 is 1.48 bits per heavy atom. The topological polar surface area (TPSA) is 129 Å². The molecule has 0 fully saturated rings. The third kappa shape index (κ3) is 3.05. The van der Waals surface area contributed by atoms with Crippen molar-refractivity contribution in [2.75, 3.05) is 0 Å². The number of benzene rings is 1. The molecule has 8 nitrogen and oxygen atoms in total. The Kier molecular flexibility index (Phi) is 4.16. The summed E-state index contributed by atoms with van der Waals surface area (Å²) in [4.78, 5) is 23.2. The number of ether oxygens (including phenoxy) is 1. The maximum atomic E-state index is 11.9. The van der Waals surface area contributed by atoms with Crippen LogP contribution in [0.5, 0.6) is 5.75 Å². The largest absolute Gasteiger partial charge is 0.485 e. The highest BCUT2D eigenvalue weighted by atomic mass is 16.5. The summed E-state index contributed by atoms with van der Waals surface area (Å²) in [7, 11) is 0. The van der Waals surface area contributed by atoms with Gasteiger partial charge in [0.1, 0.15) is 23.5 Å². The highest BCUT2D eigenvalue weighted by molar-refractivity contribution is 5.79. The minimum Gasteiger partial charge on any atom is -0.485 e. The van der Waals surface area contributed by atoms with Gasteiger partial charge >= 0.3 is 6.03 Å². The fraction of sp³-hybridized carbons (Fsp3) is 0.400. The Labute approximate surface area is 133 Å². The molecule has 0 saturated carbocycles. The molecule has 2 unspecified atom stereocenters. The minimum absolute atomic E-state index is 0.340. The Balaban J connectivity index is 2.61. The van der Waals surface area contributed by atoms with Gasteiger partial charge in [0, 0.05) is 12.5 Å². The molecule has 1 heterocycles. The molecule has 1 aromatic carbocycles. The lowest BCUT2D eigenvalue weighted by molar-refractivity contribution is -0.146. The Morgan fingerprint density at radius 2 is 2.13 bits per heavy atom. The van der Waals surface area contributed by atoms with Crippen LogP contribution in [0.2, 0.25) is 0 Å². The van der Waals surface area contributed by atoms with E-state index in [2.05, 4.69) is 5.43 Å². The van der Waals surface area contributed by atoms with Crippen LogP contribution in [0.4, 0.5) is 4.79 Å². The zero-order valence-electron chi connectivity index (χ0n) is 13.0. The van der Waals surface area contributed by atoms with Crippen LogP contribution in [0.25, 0.3) is 0 Å². The molecule has 0 saturated heterocycles. The fourth-order valence-corrected chi connectivity index (χ4v) is 2.58. The molecule has 2 rings (SSSR count). The van der Waals surface area contributed by atoms with Gasteiger partial charge in [-0.15, -0.1) is 0 Å².